The van der Waals surface area contributed by atoms with E-state index in [0.717, 1.165) is 30.2 Å². The average Bonchev–Trinajstić information content (AvgIpc) is 3.44. The van der Waals surface area contributed by atoms with Gasteiger partial charge in [-0.25, -0.2) is 9.37 Å². The van der Waals surface area contributed by atoms with E-state index in [1.807, 2.05) is 24.3 Å². The molecule has 0 bridgehead atoms. The molecule has 1 aromatic carbocycles. The highest BCUT2D eigenvalue weighted by Gasteiger charge is 2.42. The number of nitrogens with zero attached hydrogens (tertiary/aromatic N) is 4. The van der Waals surface area contributed by atoms with Gasteiger partial charge in [0.15, 0.2) is 0 Å². The summed E-state index contributed by atoms with van der Waals surface area (Å²) < 4.78 is 13.4. The Bertz CT molecular complexity index is 995. The lowest BCUT2D eigenvalue weighted by atomic mass is 10.1. The van der Waals surface area contributed by atoms with E-state index in [-0.39, 0.29) is 5.54 Å². The summed E-state index contributed by atoms with van der Waals surface area (Å²) in [5, 5.41) is 0. The predicted molar refractivity (Wildman–Crippen MR) is 101 cm³/mol. The van der Waals surface area contributed by atoms with Crippen LogP contribution in [-0.2, 0) is 0 Å². The summed E-state index contributed by atoms with van der Waals surface area (Å²) in [5.74, 6) is 0.108. The molecular weight excluding hydrogens is 343 g/mol. The van der Waals surface area contributed by atoms with Gasteiger partial charge >= 0.3 is 0 Å². The minimum absolute atomic E-state index is 0.0896. The zero-order chi connectivity index (χ0) is 18.9. The van der Waals surface area contributed by atoms with Crippen LogP contribution in [0.15, 0.2) is 60.1 Å². The number of hydrogen-bond donors (Lipinski definition) is 2. The largest absolute Gasteiger partial charge is 0.384 e. The zero-order valence-corrected chi connectivity index (χ0v) is 14.8. The first-order valence-corrected chi connectivity index (χ1v) is 8.72. The number of halogens is 1. The lowest BCUT2D eigenvalue weighted by molar-refractivity contribution is -0.434. The molecule has 1 aliphatic rings. The Labute approximate surface area is 156 Å². The second-order valence-corrected chi connectivity index (χ2v) is 6.96. The Morgan fingerprint density at radius 3 is 2.37 bits per heavy atom. The van der Waals surface area contributed by atoms with Crippen LogP contribution in [0.3, 0.4) is 0 Å². The molecule has 1 fully saturated rings. The summed E-state index contributed by atoms with van der Waals surface area (Å²) in [6.45, 7) is 0.662. The third-order valence-electron chi connectivity index (χ3n) is 4.65. The smallest absolute Gasteiger partial charge is 0.142 e. The van der Waals surface area contributed by atoms with Crippen LogP contribution in [0, 0.1) is 5.82 Å². The number of amidine groups is 1. The van der Waals surface area contributed by atoms with E-state index in [1.54, 1.807) is 18.6 Å². The van der Waals surface area contributed by atoms with Gasteiger partial charge in [0, 0.05) is 35.7 Å². The van der Waals surface area contributed by atoms with Crippen LogP contribution in [0.1, 0.15) is 18.4 Å². The first kappa shape index (κ1) is 17.2. The molecule has 3 aromatic rings. The number of hydrogen-bond acceptors (Lipinski definition) is 4. The molecule has 2 heterocycles. The van der Waals surface area contributed by atoms with E-state index in [9.17, 15) is 4.39 Å². The number of aromatic nitrogens is 3. The molecule has 0 unspecified atom stereocenters. The highest BCUT2D eigenvalue weighted by Crippen LogP contribution is 2.30. The number of pyridine rings is 1. The van der Waals surface area contributed by atoms with Crippen molar-refractivity contribution < 1.29 is 10.1 Å². The molecule has 4 rings (SSSR count). The average molecular weight is 363 g/mol. The Balaban J connectivity index is 1.56. The summed E-state index contributed by atoms with van der Waals surface area (Å²) >= 11 is 0. The van der Waals surface area contributed by atoms with Crippen LogP contribution in [0.25, 0.3) is 22.5 Å². The first-order chi connectivity index (χ1) is 13.0. The molecule has 27 heavy (non-hydrogen) atoms. The molecule has 0 aliphatic heterocycles. The monoisotopic (exact) mass is 363 g/mol. The SMILES string of the molecule is NC(=NCC1([NH3+])CC1)c1ccc(-c2cncc(-c3cncc(F)c3)n2)cc1. The van der Waals surface area contributed by atoms with Gasteiger partial charge in [0.1, 0.15) is 17.2 Å². The van der Waals surface area contributed by atoms with Gasteiger partial charge in [-0.3, -0.25) is 15.0 Å². The molecule has 7 heteroatoms. The van der Waals surface area contributed by atoms with E-state index >= 15 is 0 Å². The lowest BCUT2D eigenvalue weighted by Gasteiger charge is -2.07. The number of rotatable bonds is 5. The fourth-order valence-electron chi connectivity index (χ4n) is 2.69. The molecule has 0 amide bonds. The van der Waals surface area contributed by atoms with Gasteiger partial charge in [-0.2, -0.15) is 0 Å². The van der Waals surface area contributed by atoms with Gasteiger partial charge in [-0.05, 0) is 6.07 Å². The molecule has 1 aliphatic carbocycles. The zero-order valence-electron chi connectivity index (χ0n) is 14.8. The maximum atomic E-state index is 13.4. The highest BCUT2D eigenvalue weighted by atomic mass is 19.1. The van der Waals surface area contributed by atoms with Gasteiger partial charge in [0.05, 0.1) is 36.5 Å². The van der Waals surface area contributed by atoms with E-state index in [1.165, 1.54) is 6.07 Å². The Morgan fingerprint density at radius 2 is 1.70 bits per heavy atom. The van der Waals surface area contributed by atoms with Crippen molar-refractivity contribution in [1.29, 1.82) is 0 Å². The summed E-state index contributed by atoms with van der Waals surface area (Å²) in [7, 11) is 0. The molecule has 5 N–H and O–H groups in total. The van der Waals surface area contributed by atoms with Gasteiger partial charge in [-0.15, -0.1) is 0 Å². The molecular formula is C20H20FN6+. The molecule has 6 nitrogen and oxygen atoms in total. The van der Waals surface area contributed by atoms with E-state index in [0.29, 0.717) is 29.3 Å². The van der Waals surface area contributed by atoms with Crippen LogP contribution < -0.4 is 11.5 Å². The summed E-state index contributed by atoms with van der Waals surface area (Å²) in [5.41, 5.74) is 13.9. The maximum Gasteiger partial charge on any atom is 0.142 e. The van der Waals surface area contributed by atoms with Crippen LogP contribution in [0.5, 0.6) is 0 Å². The van der Waals surface area contributed by atoms with Gasteiger partial charge in [0.25, 0.3) is 0 Å². The second-order valence-electron chi connectivity index (χ2n) is 6.96. The van der Waals surface area contributed by atoms with Crippen molar-refractivity contribution in [2.45, 2.75) is 18.4 Å². The Morgan fingerprint density at radius 1 is 1.04 bits per heavy atom. The highest BCUT2D eigenvalue weighted by molar-refractivity contribution is 5.97. The summed E-state index contributed by atoms with van der Waals surface area (Å²) in [6.07, 6.45) is 8.20. The van der Waals surface area contributed by atoms with Gasteiger partial charge in [0.2, 0.25) is 0 Å². The van der Waals surface area contributed by atoms with E-state index < -0.39 is 5.82 Å². The normalized spacial score (nSPS) is 15.6. The van der Waals surface area contributed by atoms with Crippen molar-refractivity contribution in [3.8, 4) is 22.5 Å². The number of nitrogens with two attached hydrogens (primary N) is 1. The quantitative estimate of drug-likeness (QED) is 0.533. The first-order valence-electron chi connectivity index (χ1n) is 8.72. The third-order valence-corrected chi connectivity index (χ3v) is 4.65. The molecule has 1 saturated carbocycles. The topological polar surface area (TPSA) is 105 Å². The molecule has 136 valence electrons. The predicted octanol–water partition coefficient (Wildman–Crippen LogP) is 1.82. The van der Waals surface area contributed by atoms with Crippen molar-refractivity contribution in [3.05, 3.63) is 66.5 Å². The maximum absolute atomic E-state index is 13.4. The van der Waals surface area contributed by atoms with E-state index in [4.69, 9.17) is 5.73 Å². The third kappa shape index (κ3) is 3.98. The molecule has 0 radical (unpaired) electrons. The fraction of sp³-hybridized carbons (Fsp3) is 0.200. The van der Waals surface area contributed by atoms with Crippen molar-refractivity contribution in [3.63, 3.8) is 0 Å². The molecule has 2 aromatic heterocycles. The Kier molecular flexibility index (Phi) is 4.37. The van der Waals surface area contributed by atoms with Crippen LogP contribution >= 0.6 is 0 Å². The lowest BCUT2D eigenvalue weighted by Crippen LogP contribution is -2.65. The number of quaternary nitrogens is 1. The van der Waals surface area contributed by atoms with E-state index in [2.05, 4.69) is 25.7 Å². The van der Waals surface area contributed by atoms with Crippen molar-refractivity contribution in [1.82, 2.24) is 15.0 Å². The Hall–Kier alpha value is -3.19. The minimum atomic E-state index is -0.408. The summed E-state index contributed by atoms with van der Waals surface area (Å²) in [4.78, 5) is 17.1. The van der Waals surface area contributed by atoms with Crippen molar-refractivity contribution >= 4 is 5.84 Å². The fourth-order valence-corrected chi connectivity index (χ4v) is 2.69. The standard InChI is InChI=1S/C20H19FN6/c21-16-7-15(8-24-9-16)18-11-25-10-17(27-18)13-1-3-14(4-2-13)19(22)26-12-20(23)5-6-20/h1-4,7-11H,5-6,12,23H2,(H2,22,26)/p+1. The molecule has 0 spiro atoms. The van der Waals surface area contributed by atoms with Crippen LogP contribution in [-0.4, -0.2) is 32.9 Å². The van der Waals surface area contributed by atoms with Gasteiger partial charge < -0.3 is 11.5 Å². The second kappa shape index (κ2) is 6.85. The van der Waals surface area contributed by atoms with Crippen molar-refractivity contribution in [2.75, 3.05) is 6.54 Å². The van der Waals surface area contributed by atoms with Crippen molar-refractivity contribution in [2.24, 2.45) is 10.7 Å². The van der Waals surface area contributed by atoms with Gasteiger partial charge in [-0.1, -0.05) is 24.3 Å². The minimum Gasteiger partial charge on any atom is -0.384 e. The van der Waals surface area contributed by atoms with Crippen LogP contribution in [0.4, 0.5) is 4.39 Å². The molecule has 0 atom stereocenters. The van der Waals surface area contributed by atoms with Crippen LogP contribution in [0.2, 0.25) is 0 Å². The molecule has 0 saturated heterocycles. The summed E-state index contributed by atoms with van der Waals surface area (Å²) in [6, 6.07) is 9.05. The number of benzene rings is 1. The number of aliphatic imine (C=N–C) groups is 1.